The van der Waals surface area contributed by atoms with E-state index in [-0.39, 0.29) is 18.1 Å². The van der Waals surface area contributed by atoms with Crippen molar-refractivity contribution in [1.29, 1.82) is 0 Å². The van der Waals surface area contributed by atoms with Crippen LogP contribution in [-0.4, -0.2) is 36.2 Å². The summed E-state index contributed by atoms with van der Waals surface area (Å²) in [5, 5.41) is 14.5. The van der Waals surface area contributed by atoms with Crippen LogP contribution in [-0.2, 0) is 4.79 Å². The van der Waals surface area contributed by atoms with Crippen molar-refractivity contribution < 1.29 is 9.90 Å². The van der Waals surface area contributed by atoms with Gasteiger partial charge < -0.3 is 15.7 Å². The Labute approximate surface area is 92.4 Å². The Hall–Kier alpha value is -0.610. The van der Waals surface area contributed by atoms with E-state index in [1.165, 1.54) is 0 Å². The molecule has 0 fully saturated rings. The zero-order valence-electron chi connectivity index (χ0n) is 10.1. The zero-order valence-corrected chi connectivity index (χ0v) is 10.1. The number of aliphatic hydroxyl groups is 1. The highest BCUT2D eigenvalue weighted by Crippen LogP contribution is 1.97. The Balaban J connectivity index is 3.32. The van der Waals surface area contributed by atoms with Crippen LogP contribution in [0.2, 0.25) is 0 Å². The molecule has 15 heavy (non-hydrogen) atoms. The Morgan fingerprint density at radius 3 is 2.40 bits per heavy atom. The van der Waals surface area contributed by atoms with Crippen LogP contribution < -0.4 is 10.6 Å². The molecule has 0 spiro atoms. The largest absolute Gasteiger partial charge is 0.396 e. The molecule has 0 aromatic rings. The zero-order chi connectivity index (χ0) is 11.7. The predicted octanol–water partition coefficient (Wildman–Crippen LogP) is 0.653. The molecule has 0 aliphatic heterocycles. The van der Waals surface area contributed by atoms with Crippen molar-refractivity contribution in [1.82, 2.24) is 10.6 Å². The minimum Gasteiger partial charge on any atom is -0.396 e. The van der Waals surface area contributed by atoms with Gasteiger partial charge >= 0.3 is 0 Å². The maximum Gasteiger partial charge on any atom is 0.234 e. The summed E-state index contributed by atoms with van der Waals surface area (Å²) in [5.74, 6) is 0.0321. The molecule has 0 radical (unpaired) electrons. The van der Waals surface area contributed by atoms with Crippen molar-refractivity contribution in [3.05, 3.63) is 0 Å². The van der Waals surface area contributed by atoms with E-state index in [0.717, 1.165) is 25.8 Å². The van der Waals surface area contributed by atoms with Gasteiger partial charge in [-0.05, 0) is 46.6 Å². The molecule has 0 bridgehead atoms. The lowest BCUT2D eigenvalue weighted by molar-refractivity contribution is -0.121. The van der Waals surface area contributed by atoms with Gasteiger partial charge in [-0.3, -0.25) is 4.79 Å². The Kier molecular flexibility index (Phi) is 7.34. The quantitative estimate of drug-likeness (QED) is 0.548. The summed E-state index contributed by atoms with van der Waals surface area (Å²) < 4.78 is 0. The summed E-state index contributed by atoms with van der Waals surface area (Å²) >= 11 is 0. The Morgan fingerprint density at radius 2 is 1.87 bits per heavy atom. The fraction of sp³-hybridized carbons (Fsp3) is 0.909. The maximum atomic E-state index is 11.3. The number of carbonyl (C=O) groups excluding carboxylic acids is 1. The second kappa shape index (κ2) is 7.65. The number of hydrogen-bond acceptors (Lipinski definition) is 3. The molecule has 0 saturated heterocycles. The van der Waals surface area contributed by atoms with Crippen LogP contribution in [0.15, 0.2) is 0 Å². The molecule has 4 heteroatoms. The van der Waals surface area contributed by atoms with E-state index in [9.17, 15) is 4.79 Å². The highest BCUT2D eigenvalue weighted by molar-refractivity contribution is 5.78. The van der Waals surface area contributed by atoms with Crippen LogP contribution >= 0.6 is 0 Å². The third-order valence-electron chi connectivity index (χ3n) is 1.81. The van der Waals surface area contributed by atoms with Gasteiger partial charge in [-0.15, -0.1) is 0 Å². The van der Waals surface area contributed by atoms with Crippen LogP contribution in [0, 0.1) is 0 Å². The number of rotatable bonds is 7. The lowest BCUT2D eigenvalue weighted by Crippen LogP contribution is -2.44. The lowest BCUT2D eigenvalue weighted by atomic mass is 10.1. The normalized spacial score (nSPS) is 11.5. The number of carbonyl (C=O) groups is 1. The van der Waals surface area contributed by atoms with E-state index >= 15 is 0 Å². The van der Waals surface area contributed by atoms with Gasteiger partial charge in [0.1, 0.15) is 0 Å². The van der Waals surface area contributed by atoms with Gasteiger partial charge in [-0.2, -0.15) is 0 Å². The standard InChI is InChI=1S/C11H24N2O2/c1-11(2,3)13-10(15)9-12-7-5-4-6-8-14/h12,14H,4-9H2,1-3H3,(H,13,15). The summed E-state index contributed by atoms with van der Waals surface area (Å²) in [5.41, 5.74) is -0.157. The number of aliphatic hydroxyl groups excluding tert-OH is 1. The number of amides is 1. The number of hydrogen-bond donors (Lipinski definition) is 3. The van der Waals surface area contributed by atoms with E-state index in [4.69, 9.17) is 5.11 Å². The fourth-order valence-electron chi connectivity index (χ4n) is 1.20. The minimum atomic E-state index is -0.157. The molecule has 4 nitrogen and oxygen atoms in total. The summed E-state index contributed by atoms with van der Waals surface area (Å²) in [6.45, 7) is 7.35. The van der Waals surface area contributed by atoms with Crippen molar-refractivity contribution in [2.24, 2.45) is 0 Å². The molecule has 0 aliphatic carbocycles. The van der Waals surface area contributed by atoms with E-state index in [2.05, 4.69) is 10.6 Å². The molecule has 0 saturated carbocycles. The van der Waals surface area contributed by atoms with Gasteiger partial charge in [0.15, 0.2) is 0 Å². The SMILES string of the molecule is CC(C)(C)NC(=O)CNCCCCCO. The molecular weight excluding hydrogens is 192 g/mol. The topological polar surface area (TPSA) is 61.4 Å². The molecule has 0 unspecified atom stereocenters. The molecule has 0 aromatic carbocycles. The smallest absolute Gasteiger partial charge is 0.234 e. The lowest BCUT2D eigenvalue weighted by Gasteiger charge is -2.20. The van der Waals surface area contributed by atoms with E-state index in [1.807, 2.05) is 20.8 Å². The number of unbranched alkanes of at least 4 members (excludes halogenated alkanes) is 2. The average molecular weight is 216 g/mol. The summed E-state index contributed by atoms with van der Waals surface area (Å²) in [4.78, 5) is 11.3. The van der Waals surface area contributed by atoms with Crippen LogP contribution in [0.1, 0.15) is 40.0 Å². The third kappa shape index (κ3) is 11.3. The first-order valence-corrected chi connectivity index (χ1v) is 5.58. The monoisotopic (exact) mass is 216 g/mol. The average Bonchev–Trinajstić information content (AvgIpc) is 2.08. The van der Waals surface area contributed by atoms with Crippen molar-refractivity contribution in [2.75, 3.05) is 19.7 Å². The van der Waals surface area contributed by atoms with Gasteiger partial charge in [0.2, 0.25) is 5.91 Å². The highest BCUT2D eigenvalue weighted by atomic mass is 16.2. The van der Waals surface area contributed by atoms with Gasteiger partial charge in [-0.1, -0.05) is 0 Å². The van der Waals surface area contributed by atoms with Gasteiger partial charge in [0.25, 0.3) is 0 Å². The van der Waals surface area contributed by atoms with Crippen LogP contribution in [0.4, 0.5) is 0 Å². The van der Waals surface area contributed by atoms with Crippen LogP contribution in [0.25, 0.3) is 0 Å². The summed E-state index contributed by atoms with van der Waals surface area (Å²) in [6, 6.07) is 0. The summed E-state index contributed by atoms with van der Waals surface area (Å²) in [6.07, 6.45) is 2.85. The van der Waals surface area contributed by atoms with E-state index < -0.39 is 0 Å². The number of nitrogens with one attached hydrogen (secondary N) is 2. The molecule has 0 aromatic heterocycles. The van der Waals surface area contributed by atoms with Crippen molar-refractivity contribution >= 4 is 5.91 Å². The first kappa shape index (κ1) is 14.4. The second-order valence-electron chi connectivity index (χ2n) is 4.76. The molecule has 0 atom stereocenters. The Morgan fingerprint density at radius 1 is 1.20 bits per heavy atom. The molecule has 1 amide bonds. The Bertz CT molecular complexity index is 176. The molecule has 0 aliphatic rings. The predicted molar refractivity (Wildman–Crippen MR) is 61.7 cm³/mol. The van der Waals surface area contributed by atoms with Gasteiger partial charge in [-0.25, -0.2) is 0 Å². The summed E-state index contributed by atoms with van der Waals surface area (Å²) in [7, 11) is 0. The first-order chi connectivity index (χ1) is 6.95. The molecule has 0 rings (SSSR count). The van der Waals surface area contributed by atoms with E-state index in [0.29, 0.717) is 6.54 Å². The van der Waals surface area contributed by atoms with Crippen LogP contribution in [0.5, 0.6) is 0 Å². The van der Waals surface area contributed by atoms with Gasteiger partial charge in [0, 0.05) is 12.1 Å². The third-order valence-corrected chi connectivity index (χ3v) is 1.81. The van der Waals surface area contributed by atoms with Crippen molar-refractivity contribution in [2.45, 2.75) is 45.6 Å². The van der Waals surface area contributed by atoms with Gasteiger partial charge in [0.05, 0.1) is 6.54 Å². The van der Waals surface area contributed by atoms with E-state index in [1.54, 1.807) is 0 Å². The molecule has 3 N–H and O–H groups in total. The first-order valence-electron chi connectivity index (χ1n) is 5.58. The molecule has 0 heterocycles. The van der Waals surface area contributed by atoms with Crippen molar-refractivity contribution in [3.8, 4) is 0 Å². The fourth-order valence-corrected chi connectivity index (χ4v) is 1.20. The highest BCUT2D eigenvalue weighted by Gasteiger charge is 2.12. The minimum absolute atomic E-state index is 0.0321. The molecular formula is C11H24N2O2. The maximum absolute atomic E-state index is 11.3. The molecule has 90 valence electrons. The van der Waals surface area contributed by atoms with Crippen molar-refractivity contribution in [3.63, 3.8) is 0 Å². The van der Waals surface area contributed by atoms with Crippen LogP contribution in [0.3, 0.4) is 0 Å². The second-order valence-corrected chi connectivity index (χ2v) is 4.76.